The van der Waals surface area contributed by atoms with Gasteiger partial charge in [0.15, 0.2) is 0 Å². The van der Waals surface area contributed by atoms with Gasteiger partial charge in [-0.25, -0.2) is 0 Å². The molecule has 0 amide bonds. The van der Waals surface area contributed by atoms with E-state index in [1.54, 1.807) is 7.11 Å². The maximum absolute atomic E-state index is 12.2. The zero-order valence-electron chi connectivity index (χ0n) is 14.1. The Morgan fingerprint density at radius 1 is 0.955 bits per heavy atom. The standard InChI is InChI=1S/C17H30O5/c1-13(2)7-6-10-21-16(18)14-8-4-5-9-15(14)17(19)22-12-11-20-3/h13-15H,4-12H2,1-3H3. The van der Waals surface area contributed by atoms with Crippen LogP contribution >= 0.6 is 0 Å². The third kappa shape index (κ3) is 6.77. The fourth-order valence-corrected chi connectivity index (χ4v) is 2.80. The summed E-state index contributed by atoms with van der Waals surface area (Å²) in [5.41, 5.74) is 0. The second-order valence-corrected chi connectivity index (χ2v) is 6.36. The smallest absolute Gasteiger partial charge is 0.309 e. The van der Waals surface area contributed by atoms with Crippen molar-refractivity contribution in [3.05, 3.63) is 0 Å². The number of esters is 2. The highest BCUT2D eigenvalue weighted by Crippen LogP contribution is 2.32. The highest BCUT2D eigenvalue weighted by molar-refractivity contribution is 5.82. The van der Waals surface area contributed by atoms with Gasteiger partial charge in [0.2, 0.25) is 0 Å². The van der Waals surface area contributed by atoms with E-state index in [-0.39, 0.29) is 30.4 Å². The molecule has 5 heteroatoms. The molecule has 0 aliphatic heterocycles. The molecule has 128 valence electrons. The quantitative estimate of drug-likeness (QED) is 0.483. The Morgan fingerprint density at radius 2 is 1.50 bits per heavy atom. The van der Waals surface area contributed by atoms with E-state index < -0.39 is 0 Å². The molecule has 0 spiro atoms. The molecule has 5 nitrogen and oxygen atoms in total. The fourth-order valence-electron chi connectivity index (χ4n) is 2.80. The molecule has 0 N–H and O–H groups in total. The molecule has 2 unspecified atom stereocenters. The molecule has 0 saturated heterocycles. The normalized spacial score (nSPS) is 21.6. The molecule has 1 rings (SSSR count). The molecular formula is C17H30O5. The third-order valence-corrected chi connectivity index (χ3v) is 4.07. The topological polar surface area (TPSA) is 61.8 Å². The van der Waals surface area contributed by atoms with Gasteiger partial charge in [0.25, 0.3) is 0 Å². The minimum Gasteiger partial charge on any atom is -0.465 e. The van der Waals surface area contributed by atoms with Crippen LogP contribution in [0, 0.1) is 17.8 Å². The first kappa shape index (κ1) is 18.9. The van der Waals surface area contributed by atoms with Crippen LogP contribution in [0.15, 0.2) is 0 Å². The van der Waals surface area contributed by atoms with Crippen molar-refractivity contribution in [2.45, 2.75) is 52.4 Å². The monoisotopic (exact) mass is 314 g/mol. The van der Waals surface area contributed by atoms with Gasteiger partial charge in [-0.05, 0) is 31.6 Å². The summed E-state index contributed by atoms with van der Waals surface area (Å²) in [4.78, 5) is 24.4. The van der Waals surface area contributed by atoms with E-state index >= 15 is 0 Å². The Bertz CT molecular complexity index is 340. The summed E-state index contributed by atoms with van der Waals surface area (Å²) in [6.45, 7) is 5.35. The van der Waals surface area contributed by atoms with Crippen molar-refractivity contribution in [3.63, 3.8) is 0 Å². The number of methoxy groups -OCH3 is 1. The van der Waals surface area contributed by atoms with Crippen LogP contribution in [0.3, 0.4) is 0 Å². The average molecular weight is 314 g/mol. The van der Waals surface area contributed by atoms with Crippen LogP contribution < -0.4 is 0 Å². The summed E-state index contributed by atoms with van der Waals surface area (Å²) >= 11 is 0. The summed E-state index contributed by atoms with van der Waals surface area (Å²) in [6.07, 6.45) is 5.26. The number of hydrogen-bond donors (Lipinski definition) is 0. The lowest BCUT2D eigenvalue weighted by molar-refractivity contribution is -0.163. The highest BCUT2D eigenvalue weighted by atomic mass is 16.6. The van der Waals surface area contributed by atoms with E-state index in [4.69, 9.17) is 14.2 Å². The Kier molecular flexibility index (Phi) is 9.13. The number of rotatable bonds is 9. The molecule has 0 aromatic carbocycles. The SMILES string of the molecule is COCCOC(=O)C1CCCCC1C(=O)OCCCC(C)C. The third-order valence-electron chi connectivity index (χ3n) is 4.07. The summed E-state index contributed by atoms with van der Waals surface area (Å²) in [7, 11) is 1.56. The lowest BCUT2D eigenvalue weighted by atomic mass is 9.79. The minimum atomic E-state index is -0.358. The highest BCUT2D eigenvalue weighted by Gasteiger charge is 2.37. The zero-order chi connectivity index (χ0) is 16.4. The van der Waals surface area contributed by atoms with Gasteiger partial charge in [0, 0.05) is 7.11 Å². The molecule has 2 atom stereocenters. The van der Waals surface area contributed by atoms with Crippen molar-refractivity contribution >= 4 is 11.9 Å². The molecule has 0 bridgehead atoms. The zero-order valence-corrected chi connectivity index (χ0v) is 14.1. The van der Waals surface area contributed by atoms with Gasteiger partial charge in [0.1, 0.15) is 6.61 Å². The molecule has 0 aromatic rings. The minimum absolute atomic E-state index is 0.238. The second-order valence-electron chi connectivity index (χ2n) is 6.36. The lowest BCUT2D eigenvalue weighted by Gasteiger charge is -2.28. The molecule has 1 saturated carbocycles. The largest absolute Gasteiger partial charge is 0.465 e. The van der Waals surface area contributed by atoms with Crippen LogP contribution in [0.1, 0.15) is 52.4 Å². The van der Waals surface area contributed by atoms with Crippen molar-refractivity contribution in [1.29, 1.82) is 0 Å². The maximum atomic E-state index is 12.2. The molecular weight excluding hydrogens is 284 g/mol. The molecule has 1 aliphatic carbocycles. The van der Waals surface area contributed by atoms with Crippen molar-refractivity contribution in [2.75, 3.05) is 26.9 Å². The molecule has 0 radical (unpaired) electrons. The van der Waals surface area contributed by atoms with Gasteiger partial charge in [0.05, 0.1) is 25.0 Å². The number of hydrogen-bond acceptors (Lipinski definition) is 5. The van der Waals surface area contributed by atoms with Crippen LogP contribution in [-0.4, -0.2) is 38.9 Å². The first-order valence-electron chi connectivity index (χ1n) is 8.38. The summed E-state index contributed by atoms with van der Waals surface area (Å²) in [5, 5.41) is 0. The van der Waals surface area contributed by atoms with Gasteiger partial charge in [-0.3, -0.25) is 9.59 Å². The molecule has 0 aromatic heterocycles. The Hall–Kier alpha value is -1.10. The summed E-state index contributed by atoms with van der Waals surface area (Å²) in [6, 6.07) is 0. The van der Waals surface area contributed by atoms with E-state index in [2.05, 4.69) is 13.8 Å². The first-order chi connectivity index (χ1) is 10.6. The Labute approximate surface area is 133 Å². The van der Waals surface area contributed by atoms with Gasteiger partial charge in [-0.2, -0.15) is 0 Å². The van der Waals surface area contributed by atoms with E-state index in [9.17, 15) is 9.59 Å². The predicted octanol–water partition coefficient (Wildman–Crippen LogP) is 2.96. The molecule has 22 heavy (non-hydrogen) atoms. The van der Waals surface area contributed by atoms with Gasteiger partial charge in [-0.15, -0.1) is 0 Å². The second kappa shape index (κ2) is 10.6. The van der Waals surface area contributed by atoms with Crippen molar-refractivity contribution in [3.8, 4) is 0 Å². The first-order valence-corrected chi connectivity index (χ1v) is 8.38. The van der Waals surface area contributed by atoms with Crippen molar-refractivity contribution in [2.24, 2.45) is 17.8 Å². The maximum Gasteiger partial charge on any atom is 0.309 e. The number of carbonyl (C=O) groups is 2. The Balaban J connectivity index is 2.42. The average Bonchev–Trinajstić information content (AvgIpc) is 2.51. The van der Waals surface area contributed by atoms with Gasteiger partial charge < -0.3 is 14.2 Å². The van der Waals surface area contributed by atoms with Crippen LogP contribution in [0.5, 0.6) is 0 Å². The van der Waals surface area contributed by atoms with Crippen molar-refractivity contribution in [1.82, 2.24) is 0 Å². The van der Waals surface area contributed by atoms with Crippen LogP contribution in [0.25, 0.3) is 0 Å². The summed E-state index contributed by atoms with van der Waals surface area (Å²) < 4.78 is 15.4. The molecule has 0 heterocycles. The van der Waals surface area contributed by atoms with Crippen LogP contribution in [0.2, 0.25) is 0 Å². The number of carbonyl (C=O) groups excluding carboxylic acids is 2. The van der Waals surface area contributed by atoms with Crippen molar-refractivity contribution < 1.29 is 23.8 Å². The van der Waals surface area contributed by atoms with Crippen LogP contribution in [-0.2, 0) is 23.8 Å². The predicted molar refractivity (Wildman–Crippen MR) is 83.3 cm³/mol. The van der Waals surface area contributed by atoms with E-state index in [1.165, 1.54) is 0 Å². The number of ether oxygens (including phenoxy) is 3. The fraction of sp³-hybridized carbons (Fsp3) is 0.882. The molecule has 1 aliphatic rings. The van der Waals surface area contributed by atoms with Crippen LogP contribution in [0.4, 0.5) is 0 Å². The molecule has 1 fully saturated rings. The van der Waals surface area contributed by atoms with E-state index in [1.807, 2.05) is 0 Å². The lowest BCUT2D eigenvalue weighted by Crippen LogP contribution is -2.35. The van der Waals surface area contributed by atoms with Gasteiger partial charge >= 0.3 is 11.9 Å². The Morgan fingerprint density at radius 3 is 2.00 bits per heavy atom. The van der Waals surface area contributed by atoms with E-state index in [0.717, 1.165) is 25.7 Å². The van der Waals surface area contributed by atoms with Gasteiger partial charge in [-0.1, -0.05) is 26.7 Å². The van der Waals surface area contributed by atoms with E-state index in [0.29, 0.717) is 32.0 Å². The summed E-state index contributed by atoms with van der Waals surface area (Å²) in [5.74, 6) is -0.624.